The van der Waals surface area contributed by atoms with Gasteiger partial charge < -0.3 is 9.64 Å². The Kier molecular flexibility index (Phi) is 9.84. The van der Waals surface area contributed by atoms with Crippen molar-refractivity contribution in [2.75, 3.05) is 51.3 Å². The fraction of sp³-hybridized carbons (Fsp3) is 0.536. The van der Waals surface area contributed by atoms with Crippen molar-refractivity contribution in [3.63, 3.8) is 0 Å². The SMILES string of the molecule is CCSC1(SCC)CN(CCCN2CCC(C(=O)c3ccc(F)cc3)CC2)S(=O)(=O)c2cccc(OC)c21. The molecule has 1 saturated heterocycles. The van der Waals surface area contributed by atoms with E-state index in [1.807, 2.05) is 6.07 Å². The number of nitrogens with zero attached hydrogens (tertiary/aromatic N) is 2. The quantitative estimate of drug-likeness (QED) is 0.258. The maximum absolute atomic E-state index is 13.7. The van der Waals surface area contributed by atoms with E-state index in [1.165, 1.54) is 12.1 Å². The Morgan fingerprint density at radius 2 is 1.71 bits per heavy atom. The zero-order chi connectivity index (χ0) is 27.3. The molecule has 0 aliphatic carbocycles. The summed E-state index contributed by atoms with van der Waals surface area (Å²) in [6.07, 6.45) is 2.24. The maximum Gasteiger partial charge on any atom is 0.243 e. The van der Waals surface area contributed by atoms with E-state index in [0.29, 0.717) is 29.3 Å². The van der Waals surface area contributed by atoms with E-state index in [0.717, 1.165) is 56.0 Å². The van der Waals surface area contributed by atoms with Crippen molar-refractivity contribution in [2.24, 2.45) is 5.92 Å². The molecule has 2 aliphatic heterocycles. The van der Waals surface area contributed by atoms with Gasteiger partial charge in [0.15, 0.2) is 5.78 Å². The highest BCUT2D eigenvalue weighted by atomic mass is 32.2. The summed E-state index contributed by atoms with van der Waals surface area (Å²) in [5.41, 5.74) is 1.35. The smallest absolute Gasteiger partial charge is 0.243 e. The van der Waals surface area contributed by atoms with E-state index in [1.54, 1.807) is 59.2 Å². The van der Waals surface area contributed by atoms with Gasteiger partial charge in [-0.2, -0.15) is 4.31 Å². The normalized spacial score (nSPS) is 19.7. The first-order valence-electron chi connectivity index (χ1n) is 13.2. The summed E-state index contributed by atoms with van der Waals surface area (Å²) >= 11 is 3.56. The van der Waals surface area contributed by atoms with E-state index in [9.17, 15) is 17.6 Å². The molecule has 0 unspecified atom stereocenters. The Morgan fingerprint density at radius 3 is 2.32 bits per heavy atom. The molecule has 0 aromatic heterocycles. The fourth-order valence-corrected chi connectivity index (χ4v) is 10.8. The van der Waals surface area contributed by atoms with Crippen molar-refractivity contribution < 1.29 is 22.3 Å². The van der Waals surface area contributed by atoms with Crippen LogP contribution < -0.4 is 4.74 Å². The lowest BCUT2D eigenvalue weighted by atomic mass is 9.89. The first kappa shape index (κ1) is 29.4. The summed E-state index contributed by atoms with van der Waals surface area (Å²) in [7, 11) is -2.04. The van der Waals surface area contributed by atoms with Crippen LogP contribution in [0.15, 0.2) is 47.4 Å². The van der Waals surface area contributed by atoms with Crippen molar-refractivity contribution in [3.8, 4) is 5.75 Å². The topological polar surface area (TPSA) is 66.9 Å². The number of hydrogen-bond donors (Lipinski definition) is 0. The largest absolute Gasteiger partial charge is 0.496 e. The van der Waals surface area contributed by atoms with Gasteiger partial charge >= 0.3 is 0 Å². The average molecular weight is 581 g/mol. The van der Waals surface area contributed by atoms with Crippen molar-refractivity contribution in [1.29, 1.82) is 0 Å². The second kappa shape index (κ2) is 12.7. The number of sulfonamides is 1. The number of fused-ring (bicyclic) bond motifs is 1. The number of ketones is 1. The summed E-state index contributed by atoms with van der Waals surface area (Å²) < 4.78 is 47.5. The third-order valence-electron chi connectivity index (χ3n) is 7.32. The molecule has 10 heteroatoms. The summed E-state index contributed by atoms with van der Waals surface area (Å²) in [4.78, 5) is 15.5. The lowest BCUT2D eigenvalue weighted by Gasteiger charge is -2.43. The van der Waals surface area contributed by atoms with Crippen LogP contribution in [-0.2, 0) is 14.1 Å². The standard InChI is InChI=1S/C28H37FN2O4S3/c1-4-36-28(37-5-2)20-31(38(33,34)25-9-6-8-24(35-3)26(25)28)17-7-16-30-18-14-22(15-19-30)27(32)21-10-12-23(29)13-11-21/h6,8-13,22H,4-5,7,14-20H2,1-3H3. The van der Waals surface area contributed by atoms with Crippen LogP contribution in [0.1, 0.15) is 49.0 Å². The Balaban J connectivity index is 1.41. The molecule has 6 nitrogen and oxygen atoms in total. The molecule has 0 atom stereocenters. The van der Waals surface area contributed by atoms with Crippen molar-refractivity contribution in [2.45, 2.75) is 42.1 Å². The van der Waals surface area contributed by atoms with Crippen LogP contribution in [0.3, 0.4) is 0 Å². The van der Waals surface area contributed by atoms with Gasteiger partial charge in [0.2, 0.25) is 10.0 Å². The molecule has 38 heavy (non-hydrogen) atoms. The molecule has 0 radical (unpaired) electrons. The minimum absolute atomic E-state index is 0.0524. The zero-order valence-electron chi connectivity index (χ0n) is 22.3. The number of piperidine rings is 1. The molecule has 208 valence electrons. The minimum atomic E-state index is -3.64. The lowest BCUT2D eigenvalue weighted by Crippen LogP contribution is -2.47. The molecule has 2 aliphatic rings. The van der Waals surface area contributed by atoms with E-state index >= 15 is 0 Å². The number of hydrogen-bond acceptors (Lipinski definition) is 7. The molecule has 4 rings (SSSR count). The van der Waals surface area contributed by atoms with Crippen molar-refractivity contribution in [3.05, 3.63) is 59.4 Å². The van der Waals surface area contributed by atoms with E-state index in [2.05, 4.69) is 18.7 Å². The Hall–Kier alpha value is -1.59. The van der Waals surface area contributed by atoms with E-state index in [4.69, 9.17) is 4.74 Å². The zero-order valence-corrected chi connectivity index (χ0v) is 24.8. The number of ether oxygens (including phenoxy) is 1. The van der Waals surface area contributed by atoms with Gasteiger partial charge in [-0.1, -0.05) is 19.9 Å². The molecule has 0 bridgehead atoms. The van der Waals surface area contributed by atoms with Gasteiger partial charge in [-0.3, -0.25) is 4.79 Å². The molecule has 1 fully saturated rings. The first-order chi connectivity index (χ1) is 18.3. The number of carbonyl (C=O) groups excluding carboxylic acids is 1. The van der Waals surface area contributed by atoms with Crippen LogP contribution in [0.4, 0.5) is 4.39 Å². The molecule has 0 amide bonds. The number of Topliss-reactive ketones (excluding diaryl/α,β-unsaturated/α-hetero) is 1. The highest BCUT2D eigenvalue weighted by Crippen LogP contribution is 2.55. The molecule has 2 aromatic carbocycles. The lowest BCUT2D eigenvalue weighted by molar-refractivity contribution is 0.0838. The highest BCUT2D eigenvalue weighted by molar-refractivity contribution is 8.17. The third-order valence-corrected chi connectivity index (χ3v) is 12.1. The molecule has 0 saturated carbocycles. The number of methoxy groups -OCH3 is 1. The molecular formula is C28H37FN2O4S3. The van der Waals surface area contributed by atoms with Crippen LogP contribution >= 0.6 is 23.5 Å². The van der Waals surface area contributed by atoms with Gasteiger partial charge in [0.25, 0.3) is 0 Å². The second-order valence-corrected chi connectivity index (χ2v) is 14.9. The number of rotatable bonds is 11. The van der Waals surface area contributed by atoms with E-state index in [-0.39, 0.29) is 17.5 Å². The number of benzene rings is 2. The number of thioether (sulfide) groups is 2. The van der Waals surface area contributed by atoms with Crippen LogP contribution in [-0.4, -0.2) is 74.7 Å². The van der Waals surface area contributed by atoms with Crippen molar-refractivity contribution >= 4 is 39.3 Å². The third kappa shape index (κ3) is 6.09. The van der Waals surface area contributed by atoms with Crippen LogP contribution in [0, 0.1) is 11.7 Å². The maximum atomic E-state index is 13.7. The first-order valence-corrected chi connectivity index (χ1v) is 16.6. The predicted molar refractivity (Wildman–Crippen MR) is 154 cm³/mol. The molecule has 2 aromatic rings. The Morgan fingerprint density at radius 1 is 1.05 bits per heavy atom. The highest BCUT2D eigenvalue weighted by Gasteiger charge is 2.48. The summed E-state index contributed by atoms with van der Waals surface area (Å²) in [6.45, 7) is 7.45. The molecule has 0 spiro atoms. The summed E-state index contributed by atoms with van der Waals surface area (Å²) in [6, 6.07) is 11.1. The Bertz CT molecular complexity index is 1210. The summed E-state index contributed by atoms with van der Waals surface area (Å²) in [5.74, 6) is 2.05. The van der Waals surface area contributed by atoms with Crippen LogP contribution in [0.2, 0.25) is 0 Å². The van der Waals surface area contributed by atoms with Gasteiger partial charge in [0, 0.05) is 30.1 Å². The van der Waals surface area contributed by atoms with Gasteiger partial charge in [-0.15, -0.1) is 23.5 Å². The number of halogens is 1. The number of likely N-dealkylation sites (tertiary alicyclic amines) is 1. The fourth-order valence-electron chi connectivity index (χ4n) is 5.49. The monoisotopic (exact) mass is 580 g/mol. The second-order valence-electron chi connectivity index (χ2n) is 9.63. The molecule has 2 heterocycles. The average Bonchev–Trinajstić information content (AvgIpc) is 2.92. The van der Waals surface area contributed by atoms with Gasteiger partial charge in [-0.25, -0.2) is 12.8 Å². The summed E-state index contributed by atoms with van der Waals surface area (Å²) in [5, 5.41) is 0. The van der Waals surface area contributed by atoms with Gasteiger partial charge in [0.1, 0.15) is 15.6 Å². The Labute approximate surface area is 234 Å². The van der Waals surface area contributed by atoms with Gasteiger partial charge in [-0.05, 0) is 86.8 Å². The van der Waals surface area contributed by atoms with E-state index < -0.39 is 14.1 Å². The molecule has 0 N–H and O–H groups in total. The minimum Gasteiger partial charge on any atom is -0.496 e. The molecular weight excluding hydrogens is 544 g/mol. The predicted octanol–water partition coefficient (Wildman–Crippen LogP) is 5.48. The van der Waals surface area contributed by atoms with Gasteiger partial charge in [0.05, 0.1) is 12.0 Å². The van der Waals surface area contributed by atoms with Crippen LogP contribution in [0.5, 0.6) is 5.75 Å². The van der Waals surface area contributed by atoms with Crippen LogP contribution in [0.25, 0.3) is 0 Å². The van der Waals surface area contributed by atoms with Crippen molar-refractivity contribution in [1.82, 2.24) is 9.21 Å². The number of carbonyl (C=O) groups is 1.